The summed E-state index contributed by atoms with van der Waals surface area (Å²) in [5.74, 6) is 0.782. The number of hydrogen-bond donors (Lipinski definition) is 1. The van der Waals surface area contributed by atoms with Gasteiger partial charge < -0.3 is 10.3 Å². The number of hydrogen-bond acceptors (Lipinski definition) is 5. The van der Waals surface area contributed by atoms with Crippen molar-refractivity contribution >= 4 is 17.4 Å². The molecule has 2 N–H and O–H groups in total. The molecule has 2 aromatic heterocycles. The summed E-state index contributed by atoms with van der Waals surface area (Å²) in [7, 11) is 0. The summed E-state index contributed by atoms with van der Waals surface area (Å²) < 4.78 is 18.2. The van der Waals surface area contributed by atoms with Crippen LogP contribution in [0, 0.1) is 5.82 Å². The first-order chi connectivity index (χ1) is 10.1. The minimum atomic E-state index is -0.384. The van der Waals surface area contributed by atoms with Crippen LogP contribution < -0.4 is 5.73 Å². The Bertz CT molecular complexity index is 790. The maximum absolute atomic E-state index is 13.0. The first-order valence-corrected chi connectivity index (χ1v) is 6.48. The van der Waals surface area contributed by atoms with Gasteiger partial charge in [-0.15, -0.1) is 0 Å². The van der Waals surface area contributed by atoms with Gasteiger partial charge in [-0.2, -0.15) is 4.98 Å². The molecule has 0 radical (unpaired) electrons. The number of anilines is 1. The van der Waals surface area contributed by atoms with E-state index in [1.165, 1.54) is 12.1 Å². The maximum atomic E-state index is 13.0. The second-order valence-electron chi connectivity index (χ2n) is 4.40. The van der Waals surface area contributed by atoms with Gasteiger partial charge in [0, 0.05) is 23.2 Å². The number of nitrogens with two attached hydrogens (primary N) is 1. The van der Waals surface area contributed by atoms with Gasteiger partial charge in [0.05, 0.1) is 0 Å². The molecule has 0 spiro atoms. The van der Waals surface area contributed by atoms with Gasteiger partial charge >= 0.3 is 0 Å². The smallest absolute Gasteiger partial charge is 0.258 e. The Morgan fingerprint density at radius 3 is 2.86 bits per heavy atom. The number of halogens is 2. The molecule has 21 heavy (non-hydrogen) atoms. The molecule has 0 saturated heterocycles. The molecule has 0 aliphatic heterocycles. The molecular weight excluding hydrogens is 295 g/mol. The average molecular weight is 305 g/mol. The van der Waals surface area contributed by atoms with Gasteiger partial charge in [-0.25, -0.2) is 9.37 Å². The second kappa shape index (κ2) is 5.49. The molecule has 2 heterocycles. The highest BCUT2D eigenvalue weighted by Crippen LogP contribution is 2.22. The van der Waals surface area contributed by atoms with E-state index in [1.807, 2.05) is 0 Å². The van der Waals surface area contributed by atoms with Gasteiger partial charge in [0.15, 0.2) is 5.82 Å². The Labute approximate surface area is 124 Å². The number of benzene rings is 1. The standard InChI is InChI=1S/C14H10ClFN4O/c15-11-7-10(16)2-1-8(11)6-13-19-14(21-20-13)9-3-4-18-12(17)5-9/h1-5,7H,6H2,(H2,17,18). The summed E-state index contributed by atoms with van der Waals surface area (Å²) in [6.45, 7) is 0. The summed E-state index contributed by atoms with van der Waals surface area (Å²) >= 11 is 5.97. The van der Waals surface area contributed by atoms with Crippen LogP contribution in [0.2, 0.25) is 5.02 Å². The average Bonchev–Trinajstić information content (AvgIpc) is 2.91. The first-order valence-electron chi connectivity index (χ1n) is 6.10. The zero-order chi connectivity index (χ0) is 14.8. The van der Waals surface area contributed by atoms with Gasteiger partial charge in [0.1, 0.15) is 11.6 Å². The lowest BCUT2D eigenvalue weighted by Crippen LogP contribution is -1.93. The van der Waals surface area contributed by atoms with E-state index in [4.69, 9.17) is 21.9 Å². The molecule has 5 nitrogen and oxygen atoms in total. The molecule has 0 fully saturated rings. The van der Waals surface area contributed by atoms with Gasteiger partial charge in [-0.05, 0) is 29.8 Å². The van der Waals surface area contributed by atoms with Gasteiger partial charge in [-0.1, -0.05) is 22.8 Å². The van der Waals surface area contributed by atoms with Gasteiger partial charge in [0.2, 0.25) is 0 Å². The quantitative estimate of drug-likeness (QED) is 0.804. The van der Waals surface area contributed by atoms with Crippen molar-refractivity contribution in [3.8, 4) is 11.5 Å². The van der Waals surface area contributed by atoms with E-state index in [0.29, 0.717) is 34.5 Å². The lowest BCUT2D eigenvalue weighted by atomic mass is 10.1. The Kier molecular flexibility index (Phi) is 3.53. The monoisotopic (exact) mass is 304 g/mol. The van der Waals surface area contributed by atoms with Crippen molar-refractivity contribution in [2.24, 2.45) is 0 Å². The Morgan fingerprint density at radius 2 is 2.10 bits per heavy atom. The summed E-state index contributed by atoms with van der Waals surface area (Å²) in [6, 6.07) is 7.55. The molecule has 0 amide bonds. The number of pyridine rings is 1. The van der Waals surface area contributed by atoms with E-state index in [-0.39, 0.29) is 5.82 Å². The Hall–Kier alpha value is -2.47. The van der Waals surface area contributed by atoms with E-state index in [1.54, 1.807) is 24.4 Å². The molecule has 0 atom stereocenters. The van der Waals surface area contributed by atoms with Crippen LogP contribution in [0.5, 0.6) is 0 Å². The highest BCUT2D eigenvalue weighted by atomic mass is 35.5. The Balaban J connectivity index is 1.85. The van der Waals surface area contributed by atoms with E-state index in [2.05, 4.69) is 15.1 Å². The van der Waals surface area contributed by atoms with Gasteiger partial charge in [0.25, 0.3) is 5.89 Å². The fourth-order valence-corrected chi connectivity index (χ4v) is 2.09. The van der Waals surface area contributed by atoms with Crippen molar-refractivity contribution < 1.29 is 8.91 Å². The molecule has 3 rings (SSSR count). The van der Waals surface area contributed by atoms with Crippen molar-refractivity contribution in [1.29, 1.82) is 0 Å². The van der Waals surface area contributed by atoms with Crippen LogP contribution in [0.25, 0.3) is 11.5 Å². The molecule has 3 aromatic rings. The van der Waals surface area contributed by atoms with Crippen LogP contribution in [-0.2, 0) is 6.42 Å². The third kappa shape index (κ3) is 3.00. The number of nitrogen functional groups attached to an aromatic ring is 1. The zero-order valence-electron chi connectivity index (χ0n) is 10.8. The summed E-state index contributed by atoms with van der Waals surface area (Å²) in [5, 5.41) is 4.21. The molecule has 0 aliphatic carbocycles. The fourth-order valence-electron chi connectivity index (χ4n) is 1.86. The molecule has 0 bridgehead atoms. The maximum Gasteiger partial charge on any atom is 0.258 e. The molecular formula is C14H10ClFN4O. The predicted molar refractivity (Wildman–Crippen MR) is 76.2 cm³/mol. The molecule has 0 aliphatic rings. The van der Waals surface area contributed by atoms with Crippen molar-refractivity contribution in [1.82, 2.24) is 15.1 Å². The molecule has 1 aromatic carbocycles. The first kappa shape index (κ1) is 13.5. The minimum absolute atomic E-state index is 0.328. The highest BCUT2D eigenvalue weighted by Gasteiger charge is 2.11. The summed E-state index contributed by atoms with van der Waals surface area (Å²) in [4.78, 5) is 8.16. The molecule has 0 unspecified atom stereocenters. The van der Waals surface area contributed by atoms with Crippen molar-refractivity contribution in [3.63, 3.8) is 0 Å². The zero-order valence-corrected chi connectivity index (χ0v) is 11.5. The SMILES string of the molecule is Nc1cc(-c2nc(Cc3ccc(F)cc3Cl)no2)ccn1. The number of nitrogens with zero attached hydrogens (tertiary/aromatic N) is 3. The van der Waals surface area contributed by atoms with Gasteiger partial charge in [-0.3, -0.25) is 0 Å². The van der Waals surface area contributed by atoms with Crippen molar-refractivity contribution in [2.75, 3.05) is 5.73 Å². The molecule has 0 saturated carbocycles. The molecule has 106 valence electrons. The largest absolute Gasteiger partial charge is 0.384 e. The van der Waals surface area contributed by atoms with Crippen LogP contribution in [0.4, 0.5) is 10.2 Å². The van der Waals surface area contributed by atoms with Crippen LogP contribution in [0.15, 0.2) is 41.1 Å². The fraction of sp³-hybridized carbons (Fsp3) is 0.0714. The number of rotatable bonds is 3. The van der Waals surface area contributed by atoms with Crippen LogP contribution in [-0.4, -0.2) is 15.1 Å². The summed E-state index contributed by atoms with van der Waals surface area (Å²) in [6.07, 6.45) is 1.91. The summed E-state index contributed by atoms with van der Waals surface area (Å²) in [5.41, 5.74) is 7.01. The lowest BCUT2D eigenvalue weighted by Gasteiger charge is -2.00. The van der Waals surface area contributed by atoms with Crippen LogP contribution in [0.1, 0.15) is 11.4 Å². The van der Waals surface area contributed by atoms with Crippen molar-refractivity contribution in [2.45, 2.75) is 6.42 Å². The van der Waals surface area contributed by atoms with E-state index in [9.17, 15) is 4.39 Å². The third-order valence-electron chi connectivity index (χ3n) is 2.86. The van der Waals surface area contributed by atoms with Crippen molar-refractivity contribution in [3.05, 3.63) is 58.8 Å². The minimum Gasteiger partial charge on any atom is -0.384 e. The topological polar surface area (TPSA) is 77.8 Å². The highest BCUT2D eigenvalue weighted by molar-refractivity contribution is 6.31. The second-order valence-corrected chi connectivity index (χ2v) is 4.80. The van der Waals surface area contributed by atoms with E-state index < -0.39 is 0 Å². The normalized spacial score (nSPS) is 10.8. The predicted octanol–water partition coefficient (Wildman–Crippen LogP) is 3.10. The number of aromatic nitrogens is 3. The lowest BCUT2D eigenvalue weighted by molar-refractivity contribution is 0.424. The van der Waals surface area contributed by atoms with Crippen LogP contribution >= 0.6 is 11.6 Å². The Morgan fingerprint density at radius 1 is 1.24 bits per heavy atom. The van der Waals surface area contributed by atoms with Crippen LogP contribution in [0.3, 0.4) is 0 Å². The van der Waals surface area contributed by atoms with E-state index in [0.717, 1.165) is 5.56 Å². The molecule has 7 heteroatoms. The third-order valence-corrected chi connectivity index (χ3v) is 3.21. The van der Waals surface area contributed by atoms with E-state index >= 15 is 0 Å².